The van der Waals surface area contributed by atoms with Crippen LogP contribution in [0.15, 0.2) is 65.3 Å². The molecule has 0 fully saturated rings. The number of ether oxygens (including phenoxy) is 3. The number of amides is 1. The number of aromatic nitrogens is 3. The molecule has 2 N–H and O–H groups in total. The van der Waals surface area contributed by atoms with E-state index in [1.807, 2.05) is 36.4 Å². The second-order valence-electron chi connectivity index (χ2n) is 8.12. The van der Waals surface area contributed by atoms with Gasteiger partial charge in [-0.2, -0.15) is 4.98 Å². The third kappa shape index (κ3) is 5.07. The van der Waals surface area contributed by atoms with Crippen LogP contribution in [0.1, 0.15) is 29.4 Å². The number of benzene rings is 2. The molecule has 5 rings (SSSR count). The number of nitrogens with one attached hydrogen (secondary N) is 1. The monoisotopic (exact) mass is 488 g/mol. The zero-order chi connectivity index (χ0) is 24.9. The van der Waals surface area contributed by atoms with Crippen LogP contribution >= 0.6 is 0 Å². The molecule has 184 valence electrons. The Balaban J connectivity index is 1.28. The smallest absolute Gasteiger partial charge is 0.231 e. The minimum absolute atomic E-state index is 0.0285. The van der Waals surface area contributed by atoms with Crippen LogP contribution in [0, 0.1) is 0 Å². The number of nitrogens with zero attached hydrogens (tertiary/aromatic N) is 3. The standard InChI is InChI=1S/C26H24N4O6/c1-33-17-7-5-16(6-8-17)18(19-12-22-23(14-21(19)31)35-15-34-22)13-24(32)28-11-9-25-29-26(30-36-25)20-4-2-3-10-27-20/h2-8,10,12,14,18,31H,9,11,13,15H2,1H3,(H,28,32). The number of fused-ring (bicyclic) bond motifs is 1. The fourth-order valence-electron chi connectivity index (χ4n) is 3.99. The van der Waals surface area contributed by atoms with Crippen LogP contribution in [0.3, 0.4) is 0 Å². The van der Waals surface area contributed by atoms with Crippen molar-refractivity contribution in [3.05, 3.63) is 77.8 Å². The number of phenolic OH excluding ortho intramolecular Hbond substituents is 1. The molecule has 2 aromatic heterocycles. The number of aromatic hydroxyl groups is 1. The number of hydrogen-bond acceptors (Lipinski definition) is 9. The van der Waals surface area contributed by atoms with Crippen molar-refractivity contribution in [1.29, 1.82) is 0 Å². The highest BCUT2D eigenvalue weighted by atomic mass is 16.7. The lowest BCUT2D eigenvalue weighted by molar-refractivity contribution is -0.121. The van der Waals surface area contributed by atoms with Crippen molar-refractivity contribution in [2.24, 2.45) is 0 Å². The highest BCUT2D eigenvalue weighted by molar-refractivity contribution is 5.78. The van der Waals surface area contributed by atoms with Gasteiger partial charge in [0.15, 0.2) is 11.5 Å². The number of methoxy groups -OCH3 is 1. The van der Waals surface area contributed by atoms with Crippen molar-refractivity contribution in [3.8, 4) is 34.5 Å². The van der Waals surface area contributed by atoms with Crippen LogP contribution in [0.4, 0.5) is 0 Å². The van der Waals surface area contributed by atoms with Gasteiger partial charge >= 0.3 is 0 Å². The van der Waals surface area contributed by atoms with Crippen LogP contribution in [0.5, 0.6) is 23.0 Å². The van der Waals surface area contributed by atoms with E-state index in [1.54, 1.807) is 25.4 Å². The Kier molecular flexibility index (Phi) is 6.65. The van der Waals surface area contributed by atoms with Crippen LogP contribution in [-0.2, 0) is 11.2 Å². The van der Waals surface area contributed by atoms with Gasteiger partial charge in [0, 0.05) is 43.1 Å². The maximum Gasteiger partial charge on any atom is 0.231 e. The maximum atomic E-state index is 12.9. The Morgan fingerprint density at radius 3 is 2.69 bits per heavy atom. The van der Waals surface area contributed by atoms with E-state index < -0.39 is 5.92 Å². The van der Waals surface area contributed by atoms with Crippen molar-refractivity contribution in [2.45, 2.75) is 18.8 Å². The number of carbonyl (C=O) groups excluding carboxylic acids is 1. The first-order valence-electron chi connectivity index (χ1n) is 11.4. The summed E-state index contributed by atoms with van der Waals surface area (Å²) in [7, 11) is 1.59. The molecule has 10 heteroatoms. The van der Waals surface area contributed by atoms with Gasteiger partial charge in [0.2, 0.25) is 24.4 Å². The number of hydrogen-bond donors (Lipinski definition) is 2. The van der Waals surface area contributed by atoms with Crippen molar-refractivity contribution in [1.82, 2.24) is 20.4 Å². The molecule has 0 bridgehead atoms. The molecule has 1 amide bonds. The van der Waals surface area contributed by atoms with Crippen LogP contribution in [0.25, 0.3) is 11.5 Å². The molecule has 2 aromatic carbocycles. The highest BCUT2D eigenvalue weighted by Gasteiger charge is 2.25. The quantitative estimate of drug-likeness (QED) is 0.364. The fraction of sp³-hybridized carbons (Fsp3) is 0.231. The average molecular weight is 489 g/mol. The van der Waals surface area contributed by atoms with Gasteiger partial charge in [-0.15, -0.1) is 0 Å². The molecule has 0 saturated heterocycles. The third-order valence-corrected chi connectivity index (χ3v) is 5.83. The lowest BCUT2D eigenvalue weighted by atomic mass is 9.87. The molecule has 10 nitrogen and oxygen atoms in total. The summed E-state index contributed by atoms with van der Waals surface area (Å²) in [5.41, 5.74) is 2.02. The summed E-state index contributed by atoms with van der Waals surface area (Å²) in [6, 6.07) is 16.1. The lowest BCUT2D eigenvalue weighted by Crippen LogP contribution is -2.27. The van der Waals surface area contributed by atoms with Gasteiger partial charge in [0.1, 0.15) is 17.2 Å². The zero-order valence-electron chi connectivity index (χ0n) is 19.5. The first kappa shape index (κ1) is 23.2. The molecule has 36 heavy (non-hydrogen) atoms. The number of carbonyl (C=O) groups is 1. The summed E-state index contributed by atoms with van der Waals surface area (Å²) in [5, 5.41) is 17.6. The molecule has 1 unspecified atom stereocenters. The topological polar surface area (TPSA) is 129 Å². The number of pyridine rings is 1. The first-order chi connectivity index (χ1) is 17.6. The molecule has 4 aromatic rings. The molecular formula is C26H24N4O6. The van der Waals surface area contributed by atoms with Crippen LogP contribution < -0.4 is 19.5 Å². The summed E-state index contributed by atoms with van der Waals surface area (Å²) in [6.45, 7) is 0.398. The normalized spacial score (nSPS) is 12.8. The molecule has 0 aliphatic carbocycles. The van der Waals surface area contributed by atoms with Gasteiger partial charge < -0.3 is 29.2 Å². The van der Waals surface area contributed by atoms with E-state index in [1.165, 1.54) is 6.07 Å². The van der Waals surface area contributed by atoms with Gasteiger partial charge in [-0.05, 0) is 35.9 Å². The zero-order valence-corrected chi connectivity index (χ0v) is 19.5. The van der Waals surface area contributed by atoms with Crippen LogP contribution in [-0.4, -0.2) is 46.6 Å². The second-order valence-corrected chi connectivity index (χ2v) is 8.12. The third-order valence-electron chi connectivity index (χ3n) is 5.83. The second kappa shape index (κ2) is 10.3. The van der Waals surface area contributed by atoms with Gasteiger partial charge in [0.05, 0.1) is 7.11 Å². The Hall–Kier alpha value is -4.60. The van der Waals surface area contributed by atoms with E-state index >= 15 is 0 Å². The summed E-state index contributed by atoms with van der Waals surface area (Å²) in [5.74, 6) is 1.90. The fourth-order valence-corrected chi connectivity index (χ4v) is 3.99. The minimum Gasteiger partial charge on any atom is -0.508 e. The lowest BCUT2D eigenvalue weighted by Gasteiger charge is -2.20. The van der Waals surface area contributed by atoms with Gasteiger partial charge in [-0.25, -0.2) is 0 Å². The SMILES string of the molecule is COc1ccc(C(CC(=O)NCCc2nc(-c3ccccn3)no2)c2cc3c(cc2O)OCO3)cc1. The Bertz CT molecular complexity index is 1340. The van der Waals surface area contributed by atoms with E-state index in [0.29, 0.717) is 53.2 Å². The molecule has 0 saturated carbocycles. The average Bonchev–Trinajstić information content (AvgIpc) is 3.57. The van der Waals surface area contributed by atoms with E-state index in [2.05, 4.69) is 20.4 Å². The van der Waals surface area contributed by atoms with Crippen molar-refractivity contribution in [2.75, 3.05) is 20.4 Å². The van der Waals surface area contributed by atoms with Crippen molar-refractivity contribution in [3.63, 3.8) is 0 Å². The molecule has 1 aliphatic heterocycles. The van der Waals surface area contributed by atoms with E-state index in [4.69, 9.17) is 18.7 Å². The first-order valence-corrected chi connectivity index (χ1v) is 11.4. The maximum absolute atomic E-state index is 12.9. The Morgan fingerprint density at radius 2 is 1.94 bits per heavy atom. The number of rotatable bonds is 9. The summed E-state index contributed by atoms with van der Waals surface area (Å²) >= 11 is 0. The Labute approximate surface area is 206 Å². The minimum atomic E-state index is -0.426. The predicted octanol–water partition coefficient (Wildman–Crippen LogP) is 3.46. The van der Waals surface area contributed by atoms with E-state index in [-0.39, 0.29) is 24.9 Å². The predicted molar refractivity (Wildman–Crippen MR) is 128 cm³/mol. The molecular weight excluding hydrogens is 464 g/mol. The molecule has 3 heterocycles. The molecule has 1 aliphatic rings. The van der Waals surface area contributed by atoms with Gasteiger partial charge in [-0.1, -0.05) is 23.4 Å². The van der Waals surface area contributed by atoms with Crippen molar-refractivity contribution >= 4 is 5.91 Å². The van der Waals surface area contributed by atoms with Crippen LogP contribution in [0.2, 0.25) is 0 Å². The molecule has 0 spiro atoms. The van der Waals surface area contributed by atoms with Gasteiger partial charge in [-0.3, -0.25) is 9.78 Å². The van der Waals surface area contributed by atoms with E-state index in [9.17, 15) is 9.90 Å². The summed E-state index contributed by atoms with van der Waals surface area (Å²) in [6.07, 6.45) is 2.12. The van der Waals surface area contributed by atoms with E-state index in [0.717, 1.165) is 5.56 Å². The summed E-state index contributed by atoms with van der Waals surface area (Å²) < 4.78 is 21.4. The number of phenols is 1. The summed E-state index contributed by atoms with van der Waals surface area (Å²) in [4.78, 5) is 21.5. The highest BCUT2D eigenvalue weighted by Crippen LogP contribution is 2.43. The Morgan fingerprint density at radius 1 is 1.14 bits per heavy atom. The molecule has 0 radical (unpaired) electrons. The van der Waals surface area contributed by atoms with Crippen molar-refractivity contribution < 1.29 is 28.6 Å². The largest absolute Gasteiger partial charge is 0.508 e. The van der Waals surface area contributed by atoms with Gasteiger partial charge in [0.25, 0.3) is 0 Å². The molecule has 1 atom stereocenters.